The van der Waals surface area contributed by atoms with Crippen LogP contribution in [0.4, 0.5) is 4.39 Å². The lowest BCUT2D eigenvalue weighted by molar-refractivity contribution is 0.471. The summed E-state index contributed by atoms with van der Waals surface area (Å²) in [6.45, 7) is 6.66. The SMILES string of the molecule is Cc1nn(CCC(C)C)c(=O)c2c1cnn2-c1ccc(F)cc1. The molecule has 0 fully saturated rings. The molecule has 0 atom stereocenters. The van der Waals surface area contributed by atoms with E-state index >= 15 is 0 Å². The molecule has 0 N–H and O–H groups in total. The summed E-state index contributed by atoms with van der Waals surface area (Å²) in [6, 6.07) is 5.92. The van der Waals surface area contributed by atoms with Gasteiger partial charge in [0.15, 0.2) is 0 Å². The van der Waals surface area contributed by atoms with Gasteiger partial charge in [0.1, 0.15) is 11.3 Å². The first kappa shape index (κ1) is 15.4. The maximum Gasteiger partial charge on any atom is 0.293 e. The summed E-state index contributed by atoms with van der Waals surface area (Å²) in [5.41, 5.74) is 1.72. The van der Waals surface area contributed by atoms with Crippen molar-refractivity contribution < 1.29 is 4.39 Å². The molecule has 6 heteroatoms. The second-order valence-electron chi connectivity index (χ2n) is 6.09. The van der Waals surface area contributed by atoms with Crippen molar-refractivity contribution in [3.8, 4) is 5.69 Å². The van der Waals surface area contributed by atoms with Gasteiger partial charge >= 0.3 is 0 Å². The van der Waals surface area contributed by atoms with Crippen LogP contribution in [0.25, 0.3) is 16.6 Å². The van der Waals surface area contributed by atoms with Gasteiger partial charge in [-0.2, -0.15) is 10.2 Å². The zero-order valence-corrected chi connectivity index (χ0v) is 13.5. The molecule has 1 aromatic carbocycles. The largest absolute Gasteiger partial charge is 0.293 e. The Kier molecular flexibility index (Phi) is 3.98. The highest BCUT2D eigenvalue weighted by atomic mass is 19.1. The van der Waals surface area contributed by atoms with Crippen LogP contribution in [0.15, 0.2) is 35.3 Å². The van der Waals surface area contributed by atoms with Crippen molar-refractivity contribution in [2.45, 2.75) is 33.7 Å². The Morgan fingerprint density at radius 3 is 2.57 bits per heavy atom. The van der Waals surface area contributed by atoms with Crippen LogP contribution in [-0.4, -0.2) is 19.6 Å². The molecule has 0 aliphatic carbocycles. The van der Waals surface area contributed by atoms with E-state index in [-0.39, 0.29) is 11.4 Å². The Bertz CT molecular complexity index is 893. The number of benzene rings is 1. The Morgan fingerprint density at radius 1 is 1.22 bits per heavy atom. The Balaban J connectivity index is 2.17. The monoisotopic (exact) mass is 314 g/mol. The summed E-state index contributed by atoms with van der Waals surface area (Å²) in [7, 11) is 0. The average molecular weight is 314 g/mol. The Hall–Kier alpha value is -2.50. The van der Waals surface area contributed by atoms with E-state index in [2.05, 4.69) is 24.0 Å². The first-order chi connectivity index (χ1) is 11.0. The van der Waals surface area contributed by atoms with Gasteiger partial charge in [0.2, 0.25) is 0 Å². The summed E-state index contributed by atoms with van der Waals surface area (Å²) >= 11 is 0. The number of hydrogen-bond donors (Lipinski definition) is 0. The maximum atomic E-state index is 13.1. The van der Waals surface area contributed by atoms with Gasteiger partial charge in [-0.15, -0.1) is 0 Å². The number of fused-ring (bicyclic) bond motifs is 1. The molecule has 120 valence electrons. The highest BCUT2D eigenvalue weighted by molar-refractivity contribution is 5.81. The maximum absolute atomic E-state index is 13.1. The van der Waals surface area contributed by atoms with Gasteiger partial charge < -0.3 is 0 Å². The molecule has 2 aromatic heterocycles. The predicted octanol–water partition coefficient (Wildman–Crippen LogP) is 3.08. The van der Waals surface area contributed by atoms with Crippen molar-refractivity contribution >= 4 is 10.9 Å². The molecule has 0 radical (unpaired) electrons. The lowest BCUT2D eigenvalue weighted by atomic mass is 10.1. The molecule has 3 aromatic rings. The van der Waals surface area contributed by atoms with Crippen molar-refractivity contribution in [2.75, 3.05) is 0 Å². The second kappa shape index (κ2) is 5.95. The zero-order valence-electron chi connectivity index (χ0n) is 13.5. The van der Waals surface area contributed by atoms with Crippen LogP contribution in [0, 0.1) is 18.7 Å². The van der Waals surface area contributed by atoms with E-state index in [9.17, 15) is 9.18 Å². The van der Waals surface area contributed by atoms with Crippen LogP contribution < -0.4 is 5.56 Å². The van der Waals surface area contributed by atoms with E-state index in [4.69, 9.17) is 0 Å². The van der Waals surface area contributed by atoms with Crippen LogP contribution in [0.2, 0.25) is 0 Å². The van der Waals surface area contributed by atoms with Crippen LogP contribution >= 0.6 is 0 Å². The van der Waals surface area contributed by atoms with E-state index in [0.717, 1.165) is 17.5 Å². The van der Waals surface area contributed by atoms with Crippen molar-refractivity contribution in [3.05, 3.63) is 52.3 Å². The van der Waals surface area contributed by atoms with Crippen LogP contribution in [0.3, 0.4) is 0 Å². The van der Waals surface area contributed by atoms with E-state index in [0.29, 0.717) is 23.7 Å². The number of rotatable bonds is 4. The molecule has 23 heavy (non-hydrogen) atoms. The quantitative estimate of drug-likeness (QED) is 0.743. The van der Waals surface area contributed by atoms with E-state index < -0.39 is 0 Å². The smallest absolute Gasteiger partial charge is 0.265 e. The summed E-state index contributed by atoms with van der Waals surface area (Å²) in [4.78, 5) is 12.8. The predicted molar refractivity (Wildman–Crippen MR) is 87.3 cm³/mol. The third-order valence-electron chi connectivity index (χ3n) is 3.86. The fraction of sp³-hybridized carbons (Fsp3) is 0.353. The Morgan fingerprint density at radius 2 is 1.91 bits per heavy atom. The summed E-state index contributed by atoms with van der Waals surface area (Å²) in [6.07, 6.45) is 2.51. The Labute approximate surface area is 133 Å². The lowest BCUT2D eigenvalue weighted by Crippen LogP contribution is -2.26. The lowest BCUT2D eigenvalue weighted by Gasteiger charge is -2.09. The van der Waals surface area contributed by atoms with Crippen LogP contribution in [0.5, 0.6) is 0 Å². The van der Waals surface area contributed by atoms with Gasteiger partial charge in [0.05, 0.1) is 17.6 Å². The highest BCUT2D eigenvalue weighted by Gasteiger charge is 2.15. The molecule has 0 aliphatic rings. The van der Waals surface area contributed by atoms with Crippen molar-refractivity contribution in [3.63, 3.8) is 0 Å². The first-order valence-electron chi connectivity index (χ1n) is 7.68. The summed E-state index contributed by atoms with van der Waals surface area (Å²) in [5.74, 6) is 0.166. The third-order valence-corrected chi connectivity index (χ3v) is 3.86. The van der Waals surface area contributed by atoms with Crippen LogP contribution in [0.1, 0.15) is 26.0 Å². The number of hydrogen-bond acceptors (Lipinski definition) is 3. The van der Waals surface area contributed by atoms with Gasteiger partial charge in [-0.25, -0.2) is 13.8 Å². The standard InChI is InChI=1S/C17H19FN4O/c1-11(2)8-9-21-17(23)16-15(12(3)20-21)10-19-22(16)14-6-4-13(18)5-7-14/h4-7,10-11H,8-9H2,1-3H3. The number of aromatic nitrogens is 4. The minimum absolute atomic E-state index is 0.173. The molecule has 2 heterocycles. The number of nitrogens with zero attached hydrogens (tertiary/aromatic N) is 4. The molecule has 5 nitrogen and oxygen atoms in total. The third kappa shape index (κ3) is 2.88. The minimum Gasteiger partial charge on any atom is -0.265 e. The first-order valence-corrected chi connectivity index (χ1v) is 7.68. The molecule has 0 bridgehead atoms. The fourth-order valence-corrected chi connectivity index (χ4v) is 2.53. The normalized spacial score (nSPS) is 11.5. The molecule has 0 saturated heterocycles. The molecule has 3 rings (SSSR count). The van der Waals surface area contributed by atoms with Crippen molar-refractivity contribution in [1.29, 1.82) is 0 Å². The fourth-order valence-electron chi connectivity index (χ4n) is 2.53. The number of halogens is 1. The zero-order chi connectivity index (χ0) is 16.6. The van der Waals surface area contributed by atoms with Gasteiger partial charge in [-0.1, -0.05) is 13.8 Å². The van der Waals surface area contributed by atoms with Gasteiger partial charge in [-0.05, 0) is 43.5 Å². The molecule has 0 unspecified atom stereocenters. The summed E-state index contributed by atoms with van der Waals surface area (Å²) in [5, 5.41) is 9.40. The van der Waals surface area contributed by atoms with Gasteiger partial charge in [0.25, 0.3) is 5.56 Å². The van der Waals surface area contributed by atoms with Gasteiger partial charge in [-0.3, -0.25) is 4.79 Å². The molecular weight excluding hydrogens is 295 g/mol. The molecule has 0 amide bonds. The van der Waals surface area contributed by atoms with Crippen molar-refractivity contribution in [2.24, 2.45) is 5.92 Å². The summed E-state index contributed by atoms with van der Waals surface area (Å²) < 4.78 is 16.2. The topological polar surface area (TPSA) is 52.7 Å². The number of aryl methyl sites for hydroxylation is 2. The molecule has 0 saturated carbocycles. The molecular formula is C17H19FN4O. The molecule has 0 aliphatic heterocycles. The van der Waals surface area contributed by atoms with E-state index in [1.165, 1.54) is 16.8 Å². The van der Waals surface area contributed by atoms with Crippen LogP contribution in [-0.2, 0) is 6.54 Å². The minimum atomic E-state index is -0.322. The average Bonchev–Trinajstić information content (AvgIpc) is 2.96. The van der Waals surface area contributed by atoms with E-state index in [1.807, 2.05) is 6.92 Å². The highest BCUT2D eigenvalue weighted by Crippen LogP contribution is 2.17. The van der Waals surface area contributed by atoms with Crippen molar-refractivity contribution in [1.82, 2.24) is 19.6 Å². The second-order valence-corrected chi connectivity index (χ2v) is 6.09. The van der Waals surface area contributed by atoms with E-state index in [1.54, 1.807) is 23.0 Å². The van der Waals surface area contributed by atoms with Gasteiger partial charge in [0, 0.05) is 11.9 Å². The molecule has 0 spiro atoms.